The Kier molecular flexibility index (Phi) is 8.82. The molecule has 2 aromatic carbocycles. The van der Waals surface area contributed by atoms with Crippen molar-refractivity contribution in [2.45, 2.75) is 20.3 Å². The zero-order chi connectivity index (χ0) is 22.8. The van der Waals surface area contributed by atoms with E-state index in [2.05, 4.69) is 19.7 Å². The van der Waals surface area contributed by atoms with Crippen LogP contribution in [0, 0.1) is 5.92 Å². The van der Waals surface area contributed by atoms with Crippen LogP contribution in [-0.2, 0) is 25.5 Å². The second-order valence-corrected chi connectivity index (χ2v) is 7.41. The predicted octanol–water partition coefficient (Wildman–Crippen LogP) is 5.27. The average molecular weight is 421 g/mol. The van der Waals surface area contributed by atoms with Crippen molar-refractivity contribution in [3.05, 3.63) is 90.7 Å². The van der Waals surface area contributed by atoms with Crippen molar-refractivity contribution in [1.82, 2.24) is 0 Å². The molecule has 0 bridgehead atoms. The summed E-state index contributed by atoms with van der Waals surface area (Å²) >= 11 is 0. The Morgan fingerprint density at radius 3 is 2.00 bits per heavy atom. The number of carbonyl (C=O) groups is 2. The number of allylic oxidation sites excluding steroid dienone is 1. The van der Waals surface area contributed by atoms with Gasteiger partial charge in [-0.1, -0.05) is 56.1 Å². The summed E-state index contributed by atoms with van der Waals surface area (Å²) in [5.41, 5.74) is 4.25. The van der Waals surface area contributed by atoms with E-state index in [-0.39, 0.29) is 12.5 Å². The minimum atomic E-state index is -0.443. The van der Waals surface area contributed by atoms with Crippen molar-refractivity contribution >= 4 is 12.4 Å². The van der Waals surface area contributed by atoms with Gasteiger partial charge in [-0.15, -0.1) is 0 Å². The largest absolute Gasteiger partial charge is 0.494 e. The highest BCUT2D eigenvalue weighted by atomic mass is 16.5. The van der Waals surface area contributed by atoms with Crippen molar-refractivity contribution in [3.63, 3.8) is 0 Å². The van der Waals surface area contributed by atoms with Gasteiger partial charge in [0.25, 0.3) is 6.47 Å². The van der Waals surface area contributed by atoms with Crippen LogP contribution in [0.1, 0.15) is 19.4 Å². The van der Waals surface area contributed by atoms with E-state index < -0.39 is 5.97 Å². The predicted molar refractivity (Wildman–Crippen MR) is 121 cm³/mol. The van der Waals surface area contributed by atoms with Gasteiger partial charge in [0.2, 0.25) is 0 Å². The molecule has 0 amide bonds. The zero-order valence-corrected chi connectivity index (χ0v) is 18.1. The number of esters is 1. The highest BCUT2D eigenvalue weighted by Crippen LogP contribution is 2.24. The van der Waals surface area contributed by atoms with Gasteiger partial charge in [0, 0.05) is 11.5 Å². The number of hydrogen-bond donors (Lipinski definition) is 0. The maximum absolute atomic E-state index is 11.6. The molecule has 0 saturated heterocycles. The normalized spacial score (nSPS) is 11.2. The minimum Gasteiger partial charge on any atom is -0.494 e. The third-order valence-electron chi connectivity index (χ3n) is 4.59. The molecule has 2 rings (SSSR count). The molecule has 0 saturated carbocycles. The molecule has 31 heavy (non-hydrogen) atoms. The van der Waals surface area contributed by atoms with Crippen LogP contribution in [0.3, 0.4) is 0 Å². The average Bonchev–Trinajstić information content (AvgIpc) is 2.76. The molecule has 0 fully saturated rings. The van der Waals surface area contributed by atoms with Crippen LogP contribution < -0.4 is 4.74 Å². The smallest absolute Gasteiger partial charge is 0.338 e. The van der Waals surface area contributed by atoms with E-state index in [0.29, 0.717) is 36.6 Å². The molecule has 1 unspecified atom stereocenters. The third kappa shape index (κ3) is 7.63. The van der Waals surface area contributed by atoms with Gasteiger partial charge < -0.3 is 14.2 Å². The third-order valence-corrected chi connectivity index (χ3v) is 4.59. The van der Waals surface area contributed by atoms with Gasteiger partial charge in [-0.2, -0.15) is 0 Å². The maximum Gasteiger partial charge on any atom is 0.338 e. The molecule has 0 aromatic heterocycles. The fourth-order valence-electron chi connectivity index (χ4n) is 2.76. The summed E-state index contributed by atoms with van der Waals surface area (Å²) in [6, 6.07) is 15.4. The van der Waals surface area contributed by atoms with Gasteiger partial charge in [-0.05, 0) is 54.7 Å². The minimum absolute atomic E-state index is 0.00515. The Labute approximate surface area is 183 Å². The van der Waals surface area contributed by atoms with Crippen LogP contribution in [0.4, 0.5) is 0 Å². The fourth-order valence-corrected chi connectivity index (χ4v) is 2.76. The van der Waals surface area contributed by atoms with E-state index >= 15 is 0 Å². The first kappa shape index (κ1) is 23.7. The van der Waals surface area contributed by atoms with Crippen molar-refractivity contribution in [2.75, 3.05) is 13.2 Å². The summed E-state index contributed by atoms with van der Waals surface area (Å²) in [5, 5.41) is 0. The van der Waals surface area contributed by atoms with E-state index in [1.165, 1.54) is 0 Å². The second-order valence-electron chi connectivity index (χ2n) is 7.41. The quantitative estimate of drug-likeness (QED) is 0.117. The van der Waals surface area contributed by atoms with Crippen LogP contribution in [0.25, 0.3) is 11.1 Å². The van der Waals surface area contributed by atoms with E-state index in [0.717, 1.165) is 22.3 Å². The lowest BCUT2D eigenvalue weighted by atomic mass is 9.98. The lowest BCUT2D eigenvalue weighted by molar-refractivity contribution is -0.131. The van der Waals surface area contributed by atoms with Crippen LogP contribution in [0.5, 0.6) is 5.75 Å². The molecular formula is C26H28O5. The van der Waals surface area contributed by atoms with Gasteiger partial charge >= 0.3 is 5.97 Å². The van der Waals surface area contributed by atoms with Crippen molar-refractivity contribution in [2.24, 2.45) is 5.92 Å². The maximum atomic E-state index is 11.6. The van der Waals surface area contributed by atoms with Crippen LogP contribution in [-0.4, -0.2) is 25.7 Å². The summed E-state index contributed by atoms with van der Waals surface area (Å²) in [5.74, 6) is 0.557. The van der Waals surface area contributed by atoms with E-state index in [4.69, 9.17) is 14.2 Å². The molecule has 5 heteroatoms. The Morgan fingerprint density at radius 2 is 1.48 bits per heavy atom. The topological polar surface area (TPSA) is 61.8 Å². The number of hydrogen-bond acceptors (Lipinski definition) is 5. The number of carbonyl (C=O) groups excluding carboxylic acids is 2. The monoisotopic (exact) mass is 420 g/mol. The summed E-state index contributed by atoms with van der Waals surface area (Å²) in [4.78, 5) is 22.2. The van der Waals surface area contributed by atoms with Crippen molar-refractivity contribution in [1.29, 1.82) is 0 Å². The van der Waals surface area contributed by atoms with Gasteiger partial charge in [0.1, 0.15) is 11.5 Å². The van der Waals surface area contributed by atoms with Gasteiger partial charge in [-0.25, -0.2) is 4.79 Å². The van der Waals surface area contributed by atoms with Gasteiger partial charge in [0.05, 0.1) is 13.2 Å². The van der Waals surface area contributed by atoms with Crippen molar-refractivity contribution in [3.8, 4) is 16.9 Å². The first-order valence-corrected chi connectivity index (χ1v) is 9.90. The molecule has 0 aliphatic rings. The van der Waals surface area contributed by atoms with Gasteiger partial charge in [-0.3, -0.25) is 4.79 Å². The Bertz CT molecular complexity index is 939. The molecule has 5 nitrogen and oxygen atoms in total. The van der Waals surface area contributed by atoms with Crippen LogP contribution >= 0.6 is 0 Å². The fraction of sp³-hybridized carbons (Fsp3) is 0.231. The first-order chi connectivity index (χ1) is 14.8. The molecule has 0 N–H and O–H groups in total. The first-order valence-electron chi connectivity index (χ1n) is 9.90. The summed E-state index contributed by atoms with van der Waals surface area (Å²) in [6.45, 7) is 15.7. The molecule has 0 spiro atoms. The molecule has 0 aliphatic heterocycles. The molecule has 0 heterocycles. The highest BCUT2D eigenvalue weighted by molar-refractivity contribution is 5.88. The molecule has 0 aliphatic carbocycles. The standard InChI is InChI=1S/C26H28O5/c1-18(2)20(5)30-16-22(15-29-17-27)14-21-6-8-23(9-7-21)24-10-12-25(13-11-24)31-26(28)19(3)4/h6-13,17,22H,1,3,5,14-16H2,2,4H3. The van der Waals surface area contributed by atoms with Crippen molar-refractivity contribution < 1.29 is 23.8 Å². The van der Waals surface area contributed by atoms with Crippen LogP contribution in [0.2, 0.25) is 0 Å². The number of rotatable bonds is 12. The summed E-state index contributed by atoms with van der Waals surface area (Å²) < 4.78 is 15.8. The highest BCUT2D eigenvalue weighted by Gasteiger charge is 2.13. The lowest BCUT2D eigenvalue weighted by Crippen LogP contribution is -2.18. The van der Waals surface area contributed by atoms with Crippen LogP contribution in [0.15, 0.2) is 85.2 Å². The molecule has 162 valence electrons. The molecular weight excluding hydrogens is 392 g/mol. The Balaban J connectivity index is 2.02. The molecule has 0 radical (unpaired) electrons. The molecule has 1 atom stereocenters. The Morgan fingerprint density at radius 1 is 0.903 bits per heavy atom. The van der Waals surface area contributed by atoms with E-state index in [9.17, 15) is 9.59 Å². The SMILES string of the molecule is C=C(C)C(=C)OCC(COC=O)Cc1ccc(-c2ccc(OC(=O)C(=C)C)cc2)cc1. The summed E-state index contributed by atoms with van der Waals surface area (Å²) in [6.07, 6.45) is 0.688. The Hall–Kier alpha value is -3.60. The number of ether oxygens (including phenoxy) is 3. The lowest BCUT2D eigenvalue weighted by Gasteiger charge is -2.18. The van der Waals surface area contributed by atoms with Gasteiger partial charge in [0.15, 0.2) is 0 Å². The molecule has 2 aromatic rings. The van der Waals surface area contributed by atoms with E-state index in [1.807, 2.05) is 43.3 Å². The number of benzene rings is 2. The zero-order valence-electron chi connectivity index (χ0n) is 18.1. The summed E-state index contributed by atoms with van der Waals surface area (Å²) in [7, 11) is 0. The van der Waals surface area contributed by atoms with E-state index in [1.54, 1.807) is 19.1 Å². The second kappa shape index (κ2) is 11.6.